The van der Waals surface area contributed by atoms with Gasteiger partial charge in [0.2, 0.25) is 5.91 Å². The summed E-state index contributed by atoms with van der Waals surface area (Å²) in [6.07, 6.45) is 0. The van der Waals surface area contributed by atoms with Gasteiger partial charge in [-0.3, -0.25) is 4.79 Å². The average molecular weight is 384 g/mol. The van der Waals surface area contributed by atoms with Gasteiger partial charge in [-0.25, -0.2) is 9.97 Å². The number of amides is 1. The number of nitrogens with zero attached hydrogens (tertiary/aromatic N) is 2. The van der Waals surface area contributed by atoms with Crippen LogP contribution in [0.5, 0.6) is 0 Å². The summed E-state index contributed by atoms with van der Waals surface area (Å²) in [5, 5.41) is 4.18. The Morgan fingerprint density at radius 2 is 1.81 bits per heavy atom. The standard InChI is InChI=1S/C20H18ClN3OS/c1-13-5-3-4-6-17(13)23-19(25)12-26-20-22-14(2)11-18(24-20)15-7-9-16(21)10-8-15/h3-11H,12H2,1-2H3,(H,23,25). The van der Waals surface area contributed by atoms with Crippen LogP contribution in [0.4, 0.5) is 5.69 Å². The number of halogens is 1. The molecule has 3 aromatic rings. The molecule has 2 aromatic carbocycles. The molecule has 3 rings (SSSR count). The number of thioether (sulfide) groups is 1. The molecule has 0 aliphatic rings. The molecule has 0 unspecified atom stereocenters. The normalized spacial score (nSPS) is 10.6. The number of hydrogen-bond donors (Lipinski definition) is 1. The van der Waals surface area contributed by atoms with Crippen LogP contribution < -0.4 is 5.32 Å². The van der Waals surface area contributed by atoms with Gasteiger partial charge in [0.15, 0.2) is 5.16 Å². The molecule has 0 radical (unpaired) electrons. The maximum atomic E-state index is 12.2. The van der Waals surface area contributed by atoms with Crippen LogP contribution in [-0.2, 0) is 4.79 Å². The molecule has 0 spiro atoms. The van der Waals surface area contributed by atoms with Gasteiger partial charge in [0, 0.05) is 22.0 Å². The lowest BCUT2D eigenvalue weighted by Gasteiger charge is -2.08. The number of hydrogen-bond acceptors (Lipinski definition) is 4. The molecule has 1 aromatic heterocycles. The van der Waals surface area contributed by atoms with Crippen LogP contribution >= 0.6 is 23.4 Å². The fourth-order valence-corrected chi connectivity index (χ4v) is 3.23. The molecule has 1 amide bonds. The van der Waals surface area contributed by atoms with Gasteiger partial charge >= 0.3 is 0 Å². The van der Waals surface area contributed by atoms with Gasteiger partial charge in [0.25, 0.3) is 0 Å². The van der Waals surface area contributed by atoms with Gasteiger partial charge < -0.3 is 5.32 Å². The Morgan fingerprint density at radius 1 is 1.08 bits per heavy atom. The smallest absolute Gasteiger partial charge is 0.234 e. The molecule has 0 aliphatic heterocycles. The number of nitrogens with one attached hydrogen (secondary N) is 1. The predicted molar refractivity (Wildman–Crippen MR) is 108 cm³/mol. The largest absolute Gasteiger partial charge is 0.325 e. The molecular weight excluding hydrogens is 366 g/mol. The third-order valence-corrected chi connectivity index (χ3v) is 4.82. The van der Waals surface area contributed by atoms with Crippen LogP contribution in [0.1, 0.15) is 11.3 Å². The van der Waals surface area contributed by atoms with Crippen molar-refractivity contribution in [3.63, 3.8) is 0 Å². The van der Waals surface area contributed by atoms with E-state index in [0.717, 1.165) is 28.2 Å². The number of aryl methyl sites for hydroxylation is 2. The maximum Gasteiger partial charge on any atom is 0.234 e. The number of carbonyl (C=O) groups is 1. The molecular formula is C20H18ClN3OS. The molecule has 0 saturated carbocycles. The zero-order chi connectivity index (χ0) is 18.5. The second kappa shape index (κ2) is 8.34. The van der Waals surface area contributed by atoms with E-state index in [-0.39, 0.29) is 11.7 Å². The van der Waals surface area contributed by atoms with Crippen molar-refractivity contribution in [3.8, 4) is 11.3 Å². The average Bonchev–Trinajstić information content (AvgIpc) is 2.62. The molecule has 1 N–H and O–H groups in total. The SMILES string of the molecule is Cc1cc(-c2ccc(Cl)cc2)nc(SCC(=O)Nc2ccccc2C)n1. The van der Waals surface area contributed by atoms with Crippen LogP contribution in [0.2, 0.25) is 5.02 Å². The summed E-state index contributed by atoms with van der Waals surface area (Å²) < 4.78 is 0. The third kappa shape index (κ3) is 4.84. The van der Waals surface area contributed by atoms with Crippen molar-refractivity contribution >= 4 is 35.0 Å². The van der Waals surface area contributed by atoms with Gasteiger partial charge in [0.1, 0.15) is 0 Å². The van der Waals surface area contributed by atoms with E-state index >= 15 is 0 Å². The Morgan fingerprint density at radius 3 is 2.54 bits per heavy atom. The zero-order valence-corrected chi connectivity index (χ0v) is 16.1. The minimum Gasteiger partial charge on any atom is -0.325 e. The molecule has 0 saturated heterocycles. The van der Waals surface area contributed by atoms with Crippen molar-refractivity contribution in [1.82, 2.24) is 9.97 Å². The van der Waals surface area contributed by atoms with Gasteiger partial charge in [-0.15, -0.1) is 0 Å². The van der Waals surface area contributed by atoms with Crippen LogP contribution in [0, 0.1) is 13.8 Å². The summed E-state index contributed by atoms with van der Waals surface area (Å²) in [6.45, 7) is 3.88. The number of carbonyl (C=O) groups excluding carboxylic acids is 1. The van der Waals surface area contributed by atoms with E-state index in [1.54, 1.807) is 0 Å². The van der Waals surface area contributed by atoms with Crippen molar-refractivity contribution in [1.29, 1.82) is 0 Å². The van der Waals surface area contributed by atoms with Crippen molar-refractivity contribution in [2.45, 2.75) is 19.0 Å². The van der Waals surface area contributed by atoms with Crippen LogP contribution in [0.15, 0.2) is 59.8 Å². The van der Waals surface area contributed by atoms with Crippen molar-refractivity contribution in [2.75, 3.05) is 11.1 Å². The summed E-state index contributed by atoms with van der Waals surface area (Å²) in [6, 6.07) is 17.1. The summed E-state index contributed by atoms with van der Waals surface area (Å²) >= 11 is 7.26. The molecule has 0 fully saturated rings. The molecule has 6 heteroatoms. The Hall–Kier alpha value is -2.37. The first-order valence-corrected chi connectivity index (χ1v) is 9.47. The summed E-state index contributed by atoms with van der Waals surface area (Å²) in [5.41, 5.74) is 4.49. The van der Waals surface area contributed by atoms with E-state index < -0.39 is 0 Å². The van der Waals surface area contributed by atoms with Crippen LogP contribution in [-0.4, -0.2) is 21.6 Å². The first-order chi connectivity index (χ1) is 12.5. The van der Waals surface area contributed by atoms with Gasteiger partial charge in [-0.05, 0) is 43.7 Å². The summed E-state index contributed by atoms with van der Waals surface area (Å²) in [5.74, 6) is 0.167. The second-order valence-electron chi connectivity index (χ2n) is 5.84. The van der Waals surface area contributed by atoms with Crippen molar-refractivity contribution < 1.29 is 4.79 Å². The van der Waals surface area contributed by atoms with E-state index in [4.69, 9.17) is 11.6 Å². The van der Waals surface area contributed by atoms with E-state index in [1.807, 2.05) is 68.4 Å². The second-order valence-corrected chi connectivity index (χ2v) is 7.21. The van der Waals surface area contributed by atoms with Crippen LogP contribution in [0.25, 0.3) is 11.3 Å². The van der Waals surface area contributed by atoms with E-state index in [1.165, 1.54) is 11.8 Å². The molecule has 0 bridgehead atoms. The molecule has 4 nitrogen and oxygen atoms in total. The lowest BCUT2D eigenvalue weighted by atomic mass is 10.1. The Bertz CT molecular complexity index is 929. The maximum absolute atomic E-state index is 12.2. The molecule has 132 valence electrons. The van der Waals surface area contributed by atoms with Gasteiger partial charge in [-0.1, -0.05) is 53.7 Å². The monoisotopic (exact) mass is 383 g/mol. The number of anilines is 1. The Balaban J connectivity index is 1.69. The minimum atomic E-state index is -0.0811. The Kier molecular flexibility index (Phi) is 5.91. The highest BCUT2D eigenvalue weighted by Gasteiger charge is 2.09. The third-order valence-electron chi connectivity index (χ3n) is 3.73. The van der Waals surface area contributed by atoms with E-state index in [2.05, 4.69) is 15.3 Å². The first kappa shape index (κ1) is 18.4. The lowest BCUT2D eigenvalue weighted by molar-refractivity contribution is -0.113. The fraction of sp³-hybridized carbons (Fsp3) is 0.150. The highest BCUT2D eigenvalue weighted by molar-refractivity contribution is 7.99. The van der Waals surface area contributed by atoms with Crippen molar-refractivity contribution in [3.05, 3.63) is 70.9 Å². The lowest BCUT2D eigenvalue weighted by Crippen LogP contribution is -2.15. The number of aromatic nitrogens is 2. The van der Waals surface area contributed by atoms with E-state index in [9.17, 15) is 4.79 Å². The predicted octanol–water partition coefficient (Wildman–Crippen LogP) is 5.14. The quantitative estimate of drug-likeness (QED) is 0.489. The fourth-order valence-electron chi connectivity index (χ4n) is 2.40. The number of rotatable bonds is 5. The first-order valence-electron chi connectivity index (χ1n) is 8.11. The van der Waals surface area contributed by atoms with E-state index in [0.29, 0.717) is 10.2 Å². The van der Waals surface area contributed by atoms with Gasteiger partial charge in [0.05, 0.1) is 11.4 Å². The highest BCUT2D eigenvalue weighted by atomic mass is 35.5. The summed E-state index contributed by atoms with van der Waals surface area (Å²) in [7, 11) is 0. The zero-order valence-electron chi connectivity index (χ0n) is 14.5. The number of para-hydroxylation sites is 1. The molecule has 26 heavy (non-hydrogen) atoms. The number of benzene rings is 2. The van der Waals surface area contributed by atoms with Gasteiger partial charge in [-0.2, -0.15) is 0 Å². The highest BCUT2D eigenvalue weighted by Crippen LogP contribution is 2.23. The molecule has 1 heterocycles. The Labute approximate surface area is 162 Å². The molecule has 0 atom stereocenters. The summed E-state index contributed by atoms with van der Waals surface area (Å²) in [4.78, 5) is 21.2. The minimum absolute atomic E-state index is 0.0811. The van der Waals surface area contributed by atoms with Crippen LogP contribution in [0.3, 0.4) is 0 Å². The molecule has 0 aliphatic carbocycles. The van der Waals surface area contributed by atoms with Crippen molar-refractivity contribution in [2.24, 2.45) is 0 Å². The topological polar surface area (TPSA) is 54.9 Å².